The monoisotopic (exact) mass is 548 g/mol. The Morgan fingerprint density at radius 2 is 1.36 bits per heavy atom. The molecule has 2 aliphatic heterocycles. The number of esters is 1. The molecule has 6 nitrogen and oxygen atoms in total. The first-order valence-corrected chi connectivity index (χ1v) is 16.0. The van der Waals surface area contributed by atoms with Gasteiger partial charge >= 0.3 is 5.97 Å². The quantitative estimate of drug-likeness (QED) is 0.232. The molecule has 0 aromatic carbocycles. The maximum atomic E-state index is 12.6. The van der Waals surface area contributed by atoms with E-state index in [1.54, 1.807) is 0 Å². The lowest BCUT2D eigenvalue weighted by Gasteiger charge is -2.55. The Morgan fingerprint density at radius 1 is 0.846 bits per heavy atom. The summed E-state index contributed by atoms with van der Waals surface area (Å²) in [6.45, 7) is 20.1. The Morgan fingerprint density at radius 3 is 1.87 bits per heavy atom. The van der Waals surface area contributed by atoms with Crippen LogP contribution in [0.2, 0.25) is 0 Å². The standard InChI is InChI=1S/C33H56O6/c1-9-25-15-26(37-32(36-25)19-23(7)11-13-29(32)21(3)4)16-27-17-28(18-31(34)35-10-2)39-33(38-27)20-24(8)12-14-30(33)22(5)6/h9,21-30H,1,10-20H2,2-8H3/t23-,24-,25-,26-,27?,28?,29+,30+,32-,33-/m1/s1. The Bertz CT molecular complexity index is 827. The minimum absolute atomic E-state index is 0.00945. The average molecular weight is 549 g/mol. The summed E-state index contributed by atoms with van der Waals surface area (Å²) in [6.07, 6.45) is 10.6. The van der Waals surface area contributed by atoms with Gasteiger partial charge in [0.1, 0.15) is 0 Å². The van der Waals surface area contributed by atoms with Crippen LogP contribution in [0.15, 0.2) is 12.7 Å². The third kappa shape index (κ3) is 7.10. The highest BCUT2D eigenvalue weighted by Gasteiger charge is 2.55. The zero-order chi connectivity index (χ0) is 28.4. The number of hydrogen-bond donors (Lipinski definition) is 0. The molecule has 2 saturated carbocycles. The lowest BCUT2D eigenvalue weighted by atomic mass is 9.71. The van der Waals surface area contributed by atoms with Crippen molar-refractivity contribution in [3.05, 3.63) is 12.7 Å². The summed E-state index contributed by atoms with van der Waals surface area (Å²) < 4.78 is 33.0. The molecule has 4 rings (SSSR count). The predicted molar refractivity (Wildman–Crippen MR) is 153 cm³/mol. The maximum Gasteiger partial charge on any atom is 0.308 e. The van der Waals surface area contributed by atoms with E-state index in [0.717, 1.165) is 38.5 Å². The van der Waals surface area contributed by atoms with E-state index in [-0.39, 0.29) is 36.8 Å². The molecule has 4 fully saturated rings. The molecule has 39 heavy (non-hydrogen) atoms. The van der Waals surface area contributed by atoms with Crippen LogP contribution in [-0.4, -0.2) is 48.6 Å². The summed E-state index contributed by atoms with van der Waals surface area (Å²) in [7, 11) is 0. The number of carbonyl (C=O) groups is 1. The molecular formula is C33H56O6. The van der Waals surface area contributed by atoms with Crippen molar-refractivity contribution in [2.45, 2.75) is 149 Å². The van der Waals surface area contributed by atoms with Crippen molar-refractivity contribution < 1.29 is 28.5 Å². The minimum Gasteiger partial charge on any atom is -0.466 e. The van der Waals surface area contributed by atoms with Gasteiger partial charge in [-0.05, 0) is 43.4 Å². The normalized spacial score (nSPS) is 43.2. The molecule has 0 radical (unpaired) electrons. The largest absolute Gasteiger partial charge is 0.466 e. The van der Waals surface area contributed by atoms with Crippen LogP contribution in [0.4, 0.5) is 0 Å². The van der Waals surface area contributed by atoms with Gasteiger partial charge in [0.05, 0.1) is 37.4 Å². The van der Waals surface area contributed by atoms with Gasteiger partial charge in [0.15, 0.2) is 11.6 Å². The first-order chi connectivity index (χ1) is 18.5. The van der Waals surface area contributed by atoms with Crippen LogP contribution in [0.1, 0.15) is 113 Å². The minimum atomic E-state index is -0.660. The number of ether oxygens (including phenoxy) is 5. The van der Waals surface area contributed by atoms with Crippen molar-refractivity contribution in [1.82, 2.24) is 0 Å². The number of hydrogen-bond acceptors (Lipinski definition) is 6. The van der Waals surface area contributed by atoms with Crippen molar-refractivity contribution in [2.24, 2.45) is 35.5 Å². The Labute approximate surface area is 237 Å². The lowest BCUT2D eigenvalue weighted by Crippen LogP contribution is -2.59. The van der Waals surface area contributed by atoms with Gasteiger partial charge in [-0.25, -0.2) is 0 Å². The third-order valence-corrected chi connectivity index (χ3v) is 9.90. The fourth-order valence-electron chi connectivity index (χ4n) is 8.23. The van der Waals surface area contributed by atoms with Gasteiger partial charge in [-0.1, -0.05) is 60.5 Å². The molecule has 2 unspecified atom stereocenters. The summed E-state index contributed by atoms with van der Waals surface area (Å²) in [5.74, 6) is 1.24. The van der Waals surface area contributed by atoms with Crippen molar-refractivity contribution >= 4 is 5.97 Å². The van der Waals surface area contributed by atoms with E-state index in [1.807, 2.05) is 13.0 Å². The van der Waals surface area contributed by atoms with Crippen molar-refractivity contribution in [2.75, 3.05) is 6.61 Å². The van der Waals surface area contributed by atoms with Gasteiger partial charge in [-0.15, -0.1) is 6.58 Å². The van der Waals surface area contributed by atoms with E-state index in [9.17, 15) is 4.79 Å². The highest BCUT2D eigenvalue weighted by atomic mass is 16.7. The van der Waals surface area contributed by atoms with Crippen molar-refractivity contribution in [3.8, 4) is 0 Å². The van der Waals surface area contributed by atoms with Gasteiger partial charge < -0.3 is 23.7 Å². The molecule has 2 saturated heterocycles. The van der Waals surface area contributed by atoms with Crippen molar-refractivity contribution in [1.29, 1.82) is 0 Å². The highest BCUT2D eigenvalue weighted by molar-refractivity contribution is 5.69. The average Bonchev–Trinajstić information content (AvgIpc) is 2.82. The van der Waals surface area contributed by atoms with Crippen LogP contribution in [-0.2, 0) is 28.5 Å². The molecule has 10 atom stereocenters. The molecular weight excluding hydrogens is 492 g/mol. The van der Waals surface area contributed by atoms with E-state index >= 15 is 0 Å². The Hall–Kier alpha value is -0.950. The van der Waals surface area contributed by atoms with Gasteiger partial charge in [0.25, 0.3) is 0 Å². The molecule has 224 valence electrons. The van der Waals surface area contributed by atoms with Gasteiger partial charge in [-0.2, -0.15) is 0 Å². The van der Waals surface area contributed by atoms with Crippen LogP contribution < -0.4 is 0 Å². The van der Waals surface area contributed by atoms with Crippen LogP contribution in [0.5, 0.6) is 0 Å². The summed E-state index contributed by atoms with van der Waals surface area (Å²) >= 11 is 0. The molecule has 2 spiro atoms. The molecule has 2 heterocycles. The second kappa shape index (κ2) is 12.9. The fraction of sp³-hybridized carbons (Fsp3) is 0.909. The van der Waals surface area contributed by atoms with Crippen LogP contribution in [0, 0.1) is 35.5 Å². The maximum absolute atomic E-state index is 12.6. The molecule has 2 aliphatic carbocycles. The number of carbonyl (C=O) groups excluding carboxylic acids is 1. The van der Waals surface area contributed by atoms with E-state index in [0.29, 0.717) is 48.5 Å². The van der Waals surface area contributed by atoms with Gasteiger partial charge in [-0.3, -0.25) is 4.79 Å². The Balaban J connectivity index is 1.59. The van der Waals surface area contributed by atoms with E-state index in [1.165, 1.54) is 12.8 Å². The van der Waals surface area contributed by atoms with Crippen molar-refractivity contribution in [3.63, 3.8) is 0 Å². The SMILES string of the molecule is C=C[C@@H]1C[C@H](CC2CC(CC(=O)OCC)O[C@@]3(C[C@H](C)CC[C@H]3C(C)C)O2)O[C@@]2(C[C@H](C)CC[C@H]2C(C)C)O1. The second-order valence-electron chi connectivity index (χ2n) is 13.9. The molecule has 0 bridgehead atoms. The molecule has 0 aromatic heterocycles. The van der Waals surface area contributed by atoms with Gasteiger partial charge in [0.2, 0.25) is 0 Å². The van der Waals surface area contributed by atoms with E-state index in [2.05, 4.69) is 48.1 Å². The topological polar surface area (TPSA) is 63.2 Å². The van der Waals surface area contributed by atoms with Crippen LogP contribution >= 0.6 is 0 Å². The highest BCUT2D eigenvalue weighted by Crippen LogP contribution is 2.51. The third-order valence-electron chi connectivity index (χ3n) is 9.90. The lowest BCUT2D eigenvalue weighted by molar-refractivity contribution is -0.376. The molecule has 4 aliphatic rings. The number of rotatable bonds is 8. The summed E-state index contributed by atoms with van der Waals surface area (Å²) in [5.41, 5.74) is 0. The molecule has 0 aromatic rings. The molecule has 0 amide bonds. The smallest absolute Gasteiger partial charge is 0.308 e. The summed E-state index contributed by atoms with van der Waals surface area (Å²) in [4.78, 5) is 12.6. The predicted octanol–water partition coefficient (Wildman–Crippen LogP) is 7.44. The van der Waals surface area contributed by atoms with E-state index < -0.39 is 11.6 Å². The Kier molecular flexibility index (Phi) is 10.3. The fourth-order valence-corrected chi connectivity index (χ4v) is 8.23. The molecule has 6 heteroatoms. The first kappa shape index (κ1) is 31.0. The zero-order valence-electron chi connectivity index (χ0n) is 25.8. The van der Waals surface area contributed by atoms with Crippen LogP contribution in [0.25, 0.3) is 0 Å². The van der Waals surface area contributed by atoms with Crippen LogP contribution in [0.3, 0.4) is 0 Å². The summed E-state index contributed by atoms with van der Waals surface area (Å²) in [6, 6.07) is 0. The van der Waals surface area contributed by atoms with Gasteiger partial charge in [0, 0.05) is 43.9 Å². The first-order valence-electron chi connectivity index (χ1n) is 16.0. The van der Waals surface area contributed by atoms with E-state index in [4.69, 9.17) is 23.7 Å². The second-order valence-corrected chi connectivity index (χ2v) is 13.9. The molecule has 0 N–H and O–H groups in total. The zero-order valence-corrected chi connectivity index (χ0v) is 25.8. The summed E-state index contributed by atoms with van der Waals surface area (Å²) in [5, 5.41) is 0.